The summed E-state index contributed by atoms with van der Waals surface area (Å²) in [5.74, 6) is -0.910. The summed E-state index contributed by atoms with van der Waals surface area (Å²) in [5.41, 5.74) is -0.497. The summed E-state index contributed by atoms with van der Waals surface area (Å²) in [6.45, 7) is 2.18. The van der Waals surface area contributed by atoms with Gasteiger partial charge in [0.05, 0.1) is 25.0 Å². The second-order valence-electron chi connectivity index (χ2n) is 10.8. The lowest BCUT2D eigenvalue weighted by Crippen LogP contribution is -2.57. The van der Waals surface area contributed by atoms with E-state index in [0.717, 1.165) is 32.1 Å². The number of rotatable bonds is 6. The third kappa shape index (κ3) is 3.56. The quantitative estimate of drug-likeness (QED) is 0.612. The summed E-state index contributed by atoms with van der Waals surface area (Å²) >= 11 is 0. The van der Waals surface area contributed by atoms with E-state index < -0.39 is 29.6 Å². The number of carbonyl (C=O) groups is 3. The van der Waals surface area contributed by atoms with Crippen molar-refractivity contribution in [2.75, 3.05) is 12.4 Å². The van der Waals surface area contributed by atoms with Crippen molar-refractivity contribution in [2.24, 2.45) is 17.8 Å². The van der Waals surface area contributed by atoms with Crippen molar-refractivity contribution in [1.82, 2.24) is 10.2 Å². The van der Waals surface area contributed by atoms with E-state index >= 15 is 0 Å². The van der Waals surface area contributed by atoms with Gasteiger partial charge in [-0.15, -0.1) is 0 Å². The Bertz CT molecular complexity index is 1080. The molecule has 2 saturated carbocycles. The highest BCUT2D eigenvalue weighted by Gasteiger charge is 2.74. The molecule has 7 atom stereocenters. The average molecular weight is 480 g/mol. The number of hydrogen-bond acceptors (Lipinski definition) is 5. The topological polar surface area (TPSA) is 97.0 Å². The Hall–Kier alpha value is -2.87. The zero-order chi connectivity index (χ0) is 24.3. The third-order valence-corrected chi connectivity index (χ3v) is 8.58. The summed E-state index contributed by atoms with van der Waals surface area (Å²) in [6.07, 6.45) is 9.32. The second-order valence-corrected chi connectivity index (χ2v) is 10.8. The highest BCUT2D eigenvalue weighted by atomic mass is 16.5. The van der Waals surface area contributed by atoms with Crippen LogP contribution in [0, 0.1) is 17.8 Å². The Morgan fingerprint density at radius 1 is 1.14 bits per heavy atom. The van der Waals surface area contributed by atoms with Crippen molar-refractivity contribution < 1.29 is 23.9 Å². The fourth-order valence-corrected chi connectivity index (χ4v) is 6.67. The predicted octanol–water partition coefficient (Wildman–Crippen LogP) is 2.64. The number of carbonyl (C=O) groups excluding carboxylic acids is 3. The van der Waals surface area contributed by atoms with E-state index in [1.54, 1.807) is 36.3 Å². The van der Waals surface area contributed by atoms with Crippen molar-refractivity contribution in [3.63, 3.8) is 0 Å². The highest BCUT2D eigenvalue weighted by molar-refractivity contribution is 6.03. The minimum Gasteiger partial charge on any atom is -0.497 e. The van der Waals surface area contributed by atoms with Crippen molar-refractivity contribution in [3.05, 3.63) is 36.4 Å². The minimum atomic E-state index is -1.09. The van der Waals surface area contributed by atoms with Gasteiger partial charge in [-0.05, 0) is 43.7 Å². The number of benzene rings is 1. The molecule has 2 saturated heterocycles. The van der Waals surface area contributed by atoms with Crippen LogP contribution in [0.15, 0.2) is 36.4 Å². The number of likely N-dealkylation sites (tertiary alicyclic amines) is 1. The Morgan fingerprint density at radius 3 is 2.69 bits per heavy atom. The number of nitrogens with zero attached hydrogens (tertiary/aromatic N) is 1. The van der Waals surface area contributed by atoms with Gasteiger partial charge in [0.25, 0.3) is 0 Å². The lowest BCUT2D eigenvalue weighted by Gasteiger charge is -2.36. The van der Waals surface area contributed by atoms with E-state index in [4.69, 9.17) is 9.47 Å². The number of anilines is 1. The van der Waals surface area contributed by atoms with E-state index in [-0.39, 0.29) is 29.8 Å². The maximum atomic E-state index is 13.8. The van der Waals surface area contributed by atoms with E-state index in [9.17, 15) is 14.4 Å². The second kappa shape index (κ2) is 8.36. The minimum absolute atomic E-state index is 0.0418. The molecule has 8 nitrogen and oxygen atoms in total. The molecule has 4 fully saturated rings. The lowest BCUT2D eigenvalue weighted by molar-refractivity contribution is -0.142. The van der Waals surface area contributed by atoms with Crippen LogP contribution in [0.5, 0.6) is 5.75 Å². The van der Waals surface area contributed by atoms with Gasteiger partial charge in [-0.1, -0.05) is 38.0 Å². The first kappa shape index (κ1) is 22.6. The molecule has 35 heavy (non-hydrogen) atoms. The summed E-state index contributed by atoms with van der Waals surface area (Å²) in [4.78, 5) is 42.8. The van der Waals surface area contributed by atoms with Gasteiger partial charge in [0.15, 0.2) is 0 Å². The van der Waals surface area contributed by atoms with E-state index in [1.165, 1.54) is 6.42 Å². The highest BCUT2D eigenvalue weighted by Crippen LogP contribution is 2.57. The van der Waals surface area contributed by atoms with Crippen molar-refractivity contribution in [2.45, 2.75) is 75.3 Å². The summed E-state index contributed by atoms with van der Waals surface area (Å²) < 4.78 is 11.7. The molecule has 0 aromatic heterocycles. The molecule has 0 radical (unpaired) electrons. The summed E-state index contributed by atoms with van der Waals surface area (Å²) in [5, 5.41) is 6.21. The van der Waals surface area contributed by atoms with Gasteiger partial charge in [-0.2, -0.15) is 0 Å². The van der Waals surface area contributed by atoms with Gasteiger partial charge in [0, 0.05) is 23.8 Å². The number of fused-ring (bicyclic) bond motifs is 1. The van der Waals surface area contributed by atoms with Crippen LogP contribution in [-0.4, -0.2) is 59.6 Å². The van der Waals surface area contributed by atoms with Crippen LogP contribution in [-0.2, 0) is 19.1 Å². The van der Waals surface area contributed by atoms with Gasteiger partial charge in [0.1, 0.15) is 17.4 Å². The smallest absolute Gasteiger partial charge is 0.246 e. The molecule has 0 unspecified atom stereocenters. The van der Waals surface area contributed by atoms with Crippen molar-refractivity contribution >= 4 is 23.4 Å². The van der Waals surface area contributed by atoms with E-state index in [0.29, 0.717) is 17.4 Å². The molecule has 1 spiro atoms. The maximum Gasteiger partial charge on any atom is 0.246 e. The average Bonchev–Trinajstić information content (AvgIpc) is 3.44. The van der Waals surface area contributed by atoms with Crippen LogP contribution in [0.1, 0.15) is 45.4 Å². The first-order valence-electron chi connectivity index (χ1n) is 12.9. The molecule has 3 amide bonds. The fourth-order valence-electron chi connectivity index (χ4n) is 6.67. The first-order chi connectivity index (χ1) is 16.9. The molecule has 3 heterocycles. The number of amides is 3. The monoisotopic (exact) mass is 479 g/mol. The normalized spacial score (nSPS) is 37.3. The maximum absolute atomic E-state index is 13.8. The number of hydrogen-bond donors (Lipinski definition) is 2. The van der Waals surface area contributed by atoms with Gasteiger partial charge < -0.3 is 25.0 Å². The van der Waals surface area contributed by atoms with Gasteiger partial charge in [0.2, 0.25) is 17.7 Å². The van der Waals surface area contributed by atoms with Crippen molar-refractivity contribution in [1.29, 1.82) is 0 Å². The molecule has 186 valence electrons. The van der Waals surface area contributed by atoms with Crippen LogP contribution >= 0.6 is 0 Å². The van der Waals surface area contributed by atoms with Gasteiger partial charge in [-0.25, -0.2) is 0 Å². The Labute approximate surface area is 205 Å². The van der Waals surface area contributed by atoms with Crippen LogP contribution in [0.4, 0.5) is 5.69 Å². The molecule has 2 bridgehead atoms. The molecule has 5 aliphatic rings. The van der Waals surface area contributed by atoms with Gasteiger partial charge >= 0.3 is 0 Å². The lowest BCUT2D eigenvalue weighted by atomic mass is 9.74. The Morgan fingerprint density at radius 2 is 1.94 bits per heavy atom. The van der Waals surface area contributed by atoms with Crippen LogP contribution in [0.3, 0.4) is 0 Å². The third-order valence-electron chi connectivity index (χ3n) is 8.58. The molecule has 2 aliphatic carbocycles. The molecule has 8 heteroatoms. The molecular weight excluding hydrogens is 446 g/mol. The number of nitrogens with one attached hydrogen (secondary N) is 2. The largest absolute Gasteiger partial charge is 0.497 e. The van der Waals surface area contributed by atoms with Gasteiger partial charge in [-0.3, -0.25) is 14.4 Å². The Balaban J connectivity index is 1.28. The molecular formula is C27H33N3O5. The predicted molar refractivity (Wildman–Crippen MR) is 129 cm³/mol. The summed E-state index contributed by atoms with van der Waals surface area (Å²) in [7, 11) is 1.57. The van der Waals surface area contributed by atoms with E-state index in [2.05, 4.69) is 17.6 Å². The standard InChI is InChI=1S/C27H33N3O5/c1-15-6-3-4-9-19(15)29-25(32)23-27-13-12-20(35-27)21(22(27)26(33)30(23)17-10-11-17)24(31)28-16-7-5-8-18(14-16)34-2/h5,7-8,12-15,17,19-23H,3-4,6,9-11H2,1-2H3,(H,28,31)(H,29,32)/t15-,19+,20-,21+,22-,23-,27-/m1/s1. The zero-order valence-electron chi connectivity index (χ0n) is 20.2. The molecule has 6 rings (SSSR count). The Kier molecular flexibility index (Phi) is 5.40. The SMILES string of the molecule is COc1cccc(NC(=O)[C@H]2[C@H]3C=C[C@@]4(O3)[C@H]2C(=O)N(C2CC2)[C@@H]4C(=O)N[C@H]2CCCC[C@H]2C)c1. The number of ether oxygens (including phenoxy) is 2. The summed E-state index contributed by atoms with van der Waals surface area (Å²) in [6, 6.07) is 6.55. The van der Waals surface area contributed by atoms with Crippen LogP contribution < -0.4 is 15.4 Å². The molecule has 3 aliphatic heterocycles. The molecule has 1 aromatic rings. The van der Waals surface area contributed by atoms with Crippen LogP contribution in [0.25, 0.3) is 0 Å². The fraction of sp³-hybridized carbons (Fsp3) is 0.593. The van der Waals surface area contributed by atoms with Crippen molar-refractivity contribution in [3.8, 4) is 5.75 Å². The first-order valence-corrected chi connectivity index (χ1v) is 12.9. The van der Waals surface area contributed by atoms with E-state index in [1.807, 2.05) is 12.2 Å². The molecule has 2 N–H and O–H groups in total. The zero-order valence-corrected chi connectivity index (χ0v) is 20.2. The molecule has 1 aromatic carbocycles. The number of methoxy groups -OCH3 is 1. The van der Waals surface area contributed by atoms with Crippen LogP contribution in [0.2, 0.25) is 0 Å².